The molecule has 2 aromatic carbocycles. The summed E-state index contributed by atoms with van der Waals surface area (Å²) in [6.45, 7) is 3.62. The van der Waals surface area contributed by atoms with E-state index in [1.54, 1.807) is 19.2 Å². The Morgan fingerprint density at radius 3 is 2.46 bits per heavy atom. The third kappa shape index (κ3) is 5.84. The number of likely N-dealkylation sites (tertiary alicyclic amines) is 1. The zero-order chi connectivity index (χ0) is 19.9. The third-order valence-corrected chi connectivity index (χ3v) is 5.36. The Kier molecular flexibility index (Phi) is 7.54. The van der Waals surface area contributed by atoms with Crippen molar-refractivity contribution < 1.29 is 14.2 Å². The van der Waals surface area contributed by atoms with E-state index in [1.165, 1.54) is 0 Å². The molecule has 0 radical (unpaired) electrons. The van der Waals surface area contributed by atoms with Crippen molar-refractivity contribution in [1.29, 1.82) is 0 Å². The Labute approximate surface area is 176 Å². The lowest BCUT2D eigenvalue weighted by Crippen LogP contribution is -2.39. The van der Waals surface area contributed by atoms with Crippen LogP contribution in [0.3, 0.4) is 0 Å². The molecule has 152 valence electrons. The summed E-state index contributed by atoms with van der Waals surface area (Å²) in [5.74, 6) is 2.05. The van der Waals surface area contributed by atoms with Crippen molar-refractivity contribution in [3.05, 3.63) is 46.4 Å². The molecule has 3 rings (SSSR count). The van der Waals surface area contributed by atoms with Crippen LogP contribution in [-0.2, 0) is 0 Å². The average molecular weight is 425 g/mol. The Bertz CT molecular complexity index is 763. The molecule has 1 heterocycles. The smallest absolute Gasteiger partial charge is 0.145 e. The Balaban J connectivity index is 1.36. The second-order valence-electron chi connectivity index (χ2n) is 6.84. The van der Waals surface area contributed by atoms with E-state index in [0.29, 0.717) is 28.8 Å². The van der Waals surface area contributed by atoms with Crippen LogP contribution in [0.15, 0.2) is 36.4 Å². The van der Waals surface area contributed by atoms with Crippen molar-refractivity contribution in [1.82, 2.24) is 4.90 Å². The summed E-state index contributed by atoms with van der Waals surface area (Å²) in [5.41, 5.74) is 6.48. The molecular weight excluding hydrogens is 399 g/mol. The number of nitrogens with two attached hydrogens (primary N) is 1. The topological polar surface area (TPSA) is 57.0 Å². The number of nitrogen functional groups attached to an aromatic ring is 1. The van der Waals surface area contributed by atoms with E-state index < -0.39 is 0 Å². The summed E-state index contributed by atoms with van der Waals surface area (Å²) in [6, 6.07) is 10.9. The summed E-state index contributed by atoms with van der Waals surface area (Å²) < 4.78 is 17.1. The molecule has 1 aliphatic rings. The van der Waals surface area contributed by atoms with Crippen molar-refractivity contribution in [2.24, 2.45) is 0 Å². The van der Waals surface area contributed by atoms with Gasteiger partial charge in [-0.1, -0.05) is 23.2 Å². The van der Waals surface area contributed by atoms with Gasteiger partial charge in [-0.05, 0) is 49.6 Å². The van der Waals surface area contributed by atoms with Gasteiger partial charge >= 0.3 is 0 Å². The lowest BCUT2D eigenvalue weighted by molar-refractivity contribution is 0.0972. The van der Waals surface area contributed by atoms with Crippen LogP contribution in [0.2, 0.25) is 10.0 Å². The first-order valence-electron chi connectivity index (χ1n) is 9.45. The number of anilines is 1. The second-order valence-corrected chi connectivity index (χ2v) is 7.68. The normalized spacial score (nSPS) is 15.4. The second kappa shape index (κ2) is 10.1. The van der Waals surface area contributed by atoms with Gasteiger partial charge in [-0.25, -0.2) is 0 Å². The molecule has 2 aromatic rings. The third-order valence-electron chi connectivity index (χ3n) is 4.81. The number of hydrogen-bond donors (Lipinski definition) is 1. The zero-order valence-electron chi connectivity index (χ0n) is 16.0. The van der Waals surface area contributed by atoms with Gasteiger partial charge in [-0.3, -0.25) is 0 Å². The summed E-state index contributed by atoms with van der Waals surface area (Å²) >= 11 is 12.0. The molecule has 1 aliphatic heterocycles. The lowest BCUT2D eigenvalue weighted by atomic mass is 10.1. The molecule has 5 nitrogen and oxygen atoms in total. The standard InChI is InChI=1S/C21H26Cl2N2O3/c1-26-20-14-21(19(24)13-18(20)23)27-12-2-9-25-10-7-17(8-11-25)28-16-5-3-15(22)4-6-16/h3-6,13-14,17H,2,7-12,24H2,1H3. The van der Waals surface area contributed by atoms with Gasteiger partial charge in [0.15, 0.2) is 0 Å². The number of ether oxygens (including phenoxy) is 3. The predicted molar refractivity (Wildman–Crippen MR) is 114 cm³/mol. The molecular formula is C21H26Cl2N2O3. The molecule has 7 heteroatoms. The van der Waals surface area contributed by atoms with Crippen LogP contribution in [0, 0.1) is 0 Å². The van der Waals surface area contributed by atoms with Gasteiger partial charge in [-0.15, -0.1) is 0 Å². The average Bonchev–Trinajstić information content (AvgIpc) is 2.69. The van der Waals surface area contributed by atoms with Crippen LogP contribution in [0.1, 0.15) is 19.3 Å². The fourth-order valence-corrected chi connectivity index (χ4v) is 3.63. The fourth-order valence-electron chi connectivity index (χ4n) is 3.26. The first kappa shape index (κ1) is 20.9. The number of methoxy groups -OCH3 is 1. The molecule has 1 fully saturated rings. The minimum Gasteiger partial charge on any atom is -0.495 e. The van der Waals surface area contributed by atoms with Crippen LogP contribution in [-0.4, -0.2) is 44.4 Å². The van der Waals surface area contributed by atoms with Crippen molar-refractivity contribution in [2.75, 3.05) is 39.1 Å². The molecule has 0 saturated carbocycles. The predicted octanol–water partition coefficient (Wildman–Crippen LogP) is 4.90. The minimum atomic E-state index is 0.259. The number of rotatable bonds is 8. The SMILES string of the molecule is COc1cc(OCCCN2CCC(Oc3ccc(Cl)cc3)CC2)c(N)cc1Cl. The highest BCUT2D eigenvalue weighted by molar-refractivity contribution is 6.32. The van der Waals surface area contributed by atoms with Crippen LogP contribution in [0.25, 0.3) is 0 Å². The van der Waals surface area contributed by atoms with Gasteiger partial charge in [0.25, 0.3) is 0 Å². The van der Waals surface area contributed by atoms with Gasteiger partial charge in [0.1, 0.15) is 23.4 Å². The number of halogens is 2. The number of hydrogen-bond acceptors (Lipinski definition) is 5. The van der Waals surface area contributed by atoms with E-state index in [2.05, 4.69) is 4.90 Å². The van der Waals surface area contributed by atoms with Crippen LogP contribution < -0.4 is 19.9 Å². The molecule has 1 saturated heterocycles. The summed E-state index contributed by atoms with van der Waals surface area (Å²) in [7, 11) is 1.57. The Morgan fingerprint density at radius 2 is 1.79 bits per heavy atom. The van der Waals surface area contributed by atoms with Gasteiger partial charge in [-0.2, -0.15) is 0 Å². The van der Waals surface area contributed by atoms with Crippen LogP contribution in [0.4, 0.5) is 5.69 Å². The summed E-state index contributed by atoms with van der Waals surface area (Å²) in [6.07, 6.45) is 3.22. The van der Waals surface area contributed by atoms with Gasteiger partial charge < -0.3 is 24.8 Å². The van der Waals surface area contributed by atoms with E-state index in [0.717, 1.165) is 49.7 Å². The molecule has 0 aromatic heterocycles. The zero-order valence-corrected chi connectivity index (χ0v) is 17.5. The first-order chi connectivity index (χ1) is 13.5. The monoisotopic (exact) mass is 424 g/mol. The summed E-state index contributed by atoms with van der Waals surface area (Å²) in [5, 5.41) is 1.21. The van der Waals surface area contributed by atoms with Crippen LogP contribution >= 0.6 is 23.2 Å². The highest BCUT2D eigenvalue weighted by Gasteiger charge is 2.20. The quantitative estimate of drug-likeness (QED) is 0.482. The van der Waals surface area contributed by atoms with Crippen molar-refractivity contribution in [3.63, 3.8) is 0 Å². The summed E-state index contributed by atoms with van der Waals surface area (Å²) in [4.78, 5) is 2.44. The number of benzene rings is 2. The first-order valence-corrected chi connectivity index (χ1v) is 10.2. The van der Waals surface area contributed by atoms with E-state index >= 15 is 0 Å². The van der Waals surface area contributed by atoms with E-state index in [1.807, 2.05) is 24.3 Å². The minimum absolute atomic E-state index is 0.259. The molecule has 0 spiro atoms. The molecule has 0 aliphatic carbocycles. The van der Waals surface area contributed by atoms with Gasteiger partial charge in [0, 0.05) is 30.7 Å². The van der Waals surface area contributed by atoms with Crippen molar-refractivity contribution in [2.45, 2.75) is 25.4 Å². The van der Waals surface area contributed by atoms with Crippen molar-refractivity contribution >= 4 is 28.9 Å². The largest absolute Gasteiger partial charge is 0.495 e. The van der Waals surface area contributed by atoms with E-state index in [4.69, 9.17) is 43.1 Å². The van der Waals surface area contributed by atoms with Gasteiger partial charge in [0.05, 0.1) is 24.4 Å². The highest BCUT2D eigenvalue weighted by Crippen LogP contribution is 2.34. The molecule has 0 amide bonds. The van der Waals surface area contributed by atoms with E-state index in [-0.39, 0.29) is 6.10 Å². The van der Waals surface area contributed by atoms with Gasteiger partial charge in [0.2, 0.25) is 0 Å². The molecule has 0 atom stereocenters. The maximum atomic E-state index is 6.05. The molecule has 28 heavy (non-hydrogen) atoms. The maximum absolute atomic E-state index is 6.05. The number of piperidine rings is 1. The fraction of sp³-hybridized carbons (Fsp3) is 0.429. The van der Waals surface area contributed by atoms with E-state index in [9.17, 15) is 0 Å². The highest BCUT2D eigenvalue weighted by atomic mass is 35.5. The molecule has 2 N–H and O–H groups in total. The van der Waals surface area contributed by atoms with Crippen LogP contribution in [0.5, 0.6) is 17.2 Å². The Hall–Kier alpha value is -1.82. The maximum Gasteiger partial charge on any atom is 0.145 e. The molecule has 0 unspecified atom stereocenters. The van der Waals surface area contributed by atoms with Crippen molar-refractivity contribution in [3.8, 4) is 17.2 Å². The number of nitrogens with zero attached hydrogens (tertiary/aromatic N) is 1. The molecule has 0 bridgehead atoms. The Morgan fingerprint density at radius 1 is 1.07 bits per heavy atom. The lowest BCUT2D eigenvalue weighted by Gasteiger charge is -2.32.